The van der Waals surface area contributed by atoms with Crippen molar-refractivity contribution in [2.75, 3.05) is 12.4 Å². The van der Waals surface area contributed by atoms with Crippen LogP contribution in [0.5, 0.6) is 0 Å². The first-order valence-electron chi connectivity index (χ1n) is 6.18. The molecule has 2 heterocycles. The molecule has 2 aromatic heterocycles. The Kier molecular flexibility index (Phi) is 4.72. The lowest BCUT2D eigenvalue weighted by Gasteiger charge is -2.11. The van der Waals surface area contributed by atoms with Crippen LogP contribution in [-0.4, -0.2) is 22.0 Å². The fourth-order valence-electron chi connectivity index (χ4n) is 1.73. The molecule has 0 radical (unpaired) electrons. The second-order valence-electron chi connectivity index (χ2n) is 4.80. The zero-order valence-corrected chi connectivity index (χ0v) is 14.5. The quantitative estimate of drug-likeness (QED) is 0.811. The standard InChI is InChI=1S/C13H17IN4S/c1-7(2)5-9-10(14)11(15-4)18-12(17-9)13-16-8(3)6-19-13/h6-7H,5H2,1-4H3,(H,15,17,18). The first kappa shape index (κ1) is 14.6. The lowest BCUT2D eigenvalue weighted by atomic mass is 10.1. The van der Waals surface area contributed by atoms with Gasteiger partial charge in [0.15, 0.2) is 10.8 Å². The van der Waals surface area contributed by atoms with Gasteiger partial charge >= 0.3 is 0 Å². The van der Waals surface area contributed by atoms with Crippen LogP contribution in [0, 0.1) is 16.4 Å². The average molecular weight is 388 g/mol. The maximum absolute atomic E-state index is 4.69. The molecule has 0 aliphatic carbocycles. The van der Waals surface area contributed by atoms with Crippen LogP contribution in [0.2, 0.25) is 0 Å². The first-order chi connectivity index (χ1) is 9.01. The molecule has 0 aliphatic heterocycles. The number of aromatic nitrogens is 3. The minimum absolute atomic E-state index is 0.569. The Balaban J connectivity index is 2.50. The summed E-state index contributed by atoms with van der Waals surface area (Å²) in [5, 5.41) is 6.05. The monoisotopic (exact) mass is 388 g/mol. The van der Waals surface area contributed by atoms with E-state index in [1.807, 2.05) is 19.4 Å². The van der Waals surface area contributed by atoms with Crippen LogP contribution in [0.1, 0.15) is 25.2 Å². The summed E-state index contributed by atoms with van der Waals surface area (Å²) >= 11 is 3.90. The van der Waals surface area contributed by atoms with Crippen molar-refractivity contribution in [2.24, 2.45) is 5.92 Å². The number of hydrogen-bond acceptors (Lipinski definition) is 5. The van der Waals surface area contributed by atoms with Crippen molar-refractivity contribution in [3.63, 3.8) is 0 Å². The summed E-state index contributed by atoms with van der Waals surface area (Å²) in [5.41, 5.74) is 2.11. The van der Waals surface area contributed by atoms with E-state index < -0.39 is 0 Å². The summed E-state index contributed by atoms with van der Waals surface area (Å²) in [5.74, 6) is 2.17. The van der Waals surface area contributed by atoms with Gasteiger partial charge in [-0.3, -0.25) is 0 Å². The summed E-state index contributed by atoms with van der Waals surface area (Å²) in [7, 11) is 1.89. The zero-order chi connectivity index (χ0) is 14.0. The second-order valence-corrected chi connectivity index (χ2v) is 6.74. The molecule has 0 spiro atoms. The Morgan fingerprint density at radius 3 is 2.58 bits per heavy atom. The van der Waals surface area contributed by atoms with E-state index in [0.717, 1.165) is 38.0 Å². The van der Waals surface area contributed by atoms with Crippen molar-refractivity contribution < 1.29 is 0 Å². The highest BCUT2D eigenvalue weighted by Gasteiger charge is 2.15. The SMILES string of the molecule is CNc1nc(-c2nc(C)cs2)nc(CC(C)C)c1I. The minimum atomic E-state index is 0.569. The summed E-state index contributed by atoms with van der Waals surface area (Å²) in [6.45, 7) is 6.38. The number of nitrogens with one attached hydrogen (secondary N) is 1. The van der Waals surface area contributed by atoms with Crippen molar-refractivity contribution >= 4 is 39.7 Å². The lowest BCUT2D eigenvalue weighted by molar-refractivity contribution is 0.632. The number of rotatable bonds is 4. The predicted molar refractivity (Wildman–Crippen MR) is 88.7 cm³/mol. The number of hydrogen-bond donors (Lipinski definition) is 1. The topological polar surface area (TPSA) is 50.7 Å². The molecule has 0 saturated carbocycles. The van der Waals surface area contributed by atoms with Crippen molar-refractivity contribution in [1.82, 2.24) is 15.0 Å². The second kappa shape index (κ2) is 6.13. The van der Waals surface area contributed by atoms with Gasteiger partial charge in [0.25, 0.3) is 0 Å². The average Bonchev–Trinajstić information content (AvgIpc) is 2.78. The highest BCUT2D eigenvalue weighted by atomic mass is 127. The Bertz CT molecular complexity index is 580. The van der Waals surface area contributed by atoms with Crippen LogP contribution < -0.4 is 5.32 Å². The largest absolute Gasteiger partial charge is 0.372 e. The van der Waals surface area contributed by atoms with Gasteiger partial charge in [-0.25, -0.2) is 15.0 Å². The summed E-state index contributed by atoms with van der Waals surface area (Å²) in [6.07, 6.45) is 0.951. The molecule has 0 fully saturated rings. The molecule has 1 N–H and O–H groups in total. The van der Waals surface area contributed by atoms with Crippen LogP contribution >= 0.6 is 33.9 Å². The van der Waals surface area contributed by atoms with E-state index in [4.69, 9.17) is 4.98 Å². The lowest BCUT2D eigenvalue weighted by Crippen LogP contribution is -2.07. The smallest absolute Gasteiger partial charge is 0.191 e. The highest BCUT2D eigenvalue weighted by molar-refractivity contribution is 14.1. The van der Waals surface area contributed by atoms with E-state index in [1.165, 1.54) is 0 Å². The molecule has 0 bridgehead atoms. The summed E-state index contributed by atoms with van der Waals surface area (Å²) in [4.78, 5) is 13.7. The van der Waals surface area contributed by atoms with E-state index in [0.29, 0.717) is 5.92 Å². The zero-order valence-electron chi connectivity index (χ0n) is 11.5. The molecule has 0 unspecified atom stereocenters. The van der Waals surface area contributed by atoms with Gasteiger partial charge < -0.3 is 5.32 Å². The Hall–Kier alpha value is -0.760. The fraction of sp³-hybridized carbons (Fsp3) is 0.462. The van der Waals surface area contributed by atoms with Gasteiger partial charge in [-0.15, -0.1) is 11.3 Å². The molecule has 6 heteroatoms. The van der Waals surface area contributed by atoms with Crippen LogP contribution in [0.15, 0.2) is 5.38 Å². The molecule has 0 aromatic carbocycles. The van der Waals surface area contributed by atoms with Crippen molar-refractivity contribution in [1.29, 1.82) is 0 Å². The van der Waals surface area contributed by atoms with Gasteiger partial charge in [0.2, 0.25) is 0 Å². The van der Waals surface area contributed by atoms with Gasteiger partial charge in [0, 0.05) is 18.1 Å². The molecular formula is C13H17IN4S. The molecular weight excluding hydrogens is 371 g/mol. The third-order valence-corrected chi connectivity index (χ3v) is 4.66. The van der Waals surface area contributed by atoms with Gasteiger partial charge in [0.05, 0.1) is 9.26 Å². The fourth-order valence-corrected chi connectivity index (χ4v) is 3.19. The van der Waals surface area contributed by atoms with Crippen molar-refractivity contribution in [2.45, 2.75) is 27.2 Å². The minimum Gasteiger partial charge on any atom is -0.372 e. The maximum atomic E-state index is 4.69. The normalized spacial score (nSPS) is 11.1. The van der Waals surface area contributed by atoms with Crippen LogP contribution in [0.4, 0.5) is 5.82 Å². The van der Waals surface area contributed by atoms with E-state index >= 15 is 0 Å². The van der Waals surface area contributed by atoms with E-state index in [9.17, 15) is 0 Å². The van der Waals surface area contributed by atoms with Gasteiger partial charge in [-0.1, -0.05) is 13.8 Å². The number of anilines is 1. The molecule has 2 rings (SSSR count). The number of aryl methyl sites for hydroxylation is 1. The first-order valence-corrected chi connectivity index (χ1v) is 8.13. The Morgan fingerprint density at radius 1 is 1.32 bits per heavy atom. The van der Waals surface area contributed by atoms with Gasteiger partial charge in [-0.2, -0.15) is 0 Å². The van der Waals surface area contributed by atoms with E-state index in [-0.39, 0.29) is 0 Å². The number of thiazole rings is 1. The van der Waals surface area contributed by atoms with Gasteiger partial charge in [-0.05, 0) is 41.9 Å². The molecule has 0 amide bonds. The van der Waals surface area contributed by atoms with Crippen LogP contribution in [0.25, 0.3) is 10.8 Å². The maximum Gasteiger partial charge on any atom is 0.191 e. The Morgan fingerprint density at radius 2 is 2.05 bits per heavy atom. The molecule has 0 aliphatic rings. The Labute approximate surface area is 131 Å². The third kappa shape index (κ3) is 3.42. The molecule has 102 valence electrons. The molecule has 4 nitrogen and oxygen atoms in total. The predicted octanol–water partition coefficient (Wildman–Crippen LogP) is 3.75. The van der Waals surface area contributed by atoms with Crippen LogP contribution in [0.3, 0.4) is 0 Å². The molecule has 2 aromatic rings. The molecule has 0 saturated heterocycles. The number of nitrogens with zero attached hydrogens (tertiary/aromatic N) is 3. The molecule has 0 atom stereocenters. The van der Waals surface area contributed by atoms with Gasteiger partial charge in [0.1, 0.15) is 5.82 Å². The van der Waals surface area contributed by atoms with Crippen molar-refractivity contribution in [3.8, 4) is 10.8 Å². The number of halogens is 1. The van der Waals surface area contributed by atoms with Crippen molar-refractivity contribution in [3.05, 3.63) is 20.3 Å². The highest BCUT2D eigenvalue weighted by Crippen LogP contribution is 2.27. The summed E-state index contributed by atoms with van der Waals surface area (Å²) < 4.78 is 1.10. The third-order valence-electron chi connectivity index (χ3n) is 2.57. The molecule has 19 heavy (non-hydrogen) atoms. The van der Waals surface area contributed by atoms with E-state index in [2.05, 4.69) is 51.7 Å². The van der Waals surface area contributed by atoms with Crippen LogP contribution in [-0.2, 0) is 6.42 Å². The summed E-state index contributed by atoms with van der Waals surface area (Å²) in [6, 6.07) is 0. The van der Waals surface area contributed by atoms with E-state index in [1.54, 1.807) is 11.3 Å².